The minimum atomic E-state index is -0.463. The number of benzene rings is 1. The van der Waals surface area contributed by atoms with Crippen molar-refractivity contribution in [2.45, 2.75) is 26.3 Å². The van der Waals surface area contributed by atoms with Crippen molar-refractivity contribution in [2.24, 2.45) is 0 Å². The van der Waals surface area contributed by atoms with Crippen LogP contribution in [0.1, 0.15) is 35.7 Å². The highest BCUT2D eigenvalue weighted by Crippen LogP contribution is 2.27. The third kappa shape index (κ3) is 4.52. The zero-order chi connectivity index (χ0) is 21.8. The number of carbonyl (C=O) groups is 3. The lowest BCUT2D eigenvalue weighted by Crippen LogP contribution is -2.42. The molecule has 0 radical (unpaired) electrons. The number of esters is 1. The first-order valence-corrected chi connectivity index (χ1v) is 10.6. The Kier molecular flexibility index (Phi) is 6.16. The lowest BCUT2D eigenvalue weighted by molar-refractivity contribution is -0.148. The van der Waals surface area contributed by atoms with Crippen molar-refractivity contribution in [3.05, 3.63) is 53.7 Å². The highest BCUT2D eigenvalue weighted by atomic mass is 16.5. The van der Waals surface area contributed by atoms with Crippen LogP contribution in [0.4, 0.5) is 11.5 Å². The van der Waals surface area contributed by atoms with Gasteiger partial charge in [-0.15, -0.1) is 0 Å². The molecule has 0 unspecified atom stereocenters. The molecule has 0 atom stereocenters. The molecule has 2 amide bonds. The first-order valence-electron chi connectivity index (χ1n) is 10.6. The number of carbonyl (C=O) groups excluding carboxylic acids is 3. The van der Waals surface area contributed by atoms with Crippen LogP contribution < -0.4 is 9.80 Å². The smallest absolute Gasteiger partial charge is 0.325 e. The molecule has 0 aliphatic carbocycles. The number of para-hydroxylation sites is 1. The van der Waals surface area contributed by atoms with Crippen LogP contribution in [0.2, 0.25) is 0 Å². The van der Waals surface area contributed by atoms with Gasteiger partial charge in [-0.25, -0.2) is 4.98 Å². The molecule has 3 heterocycles. The van der Waals surface area contributed by atoms with Gasteiger partial charge >= 0.3 is 5.97 Å². The van der Waals surface area contributed by atoms with E-state index in [1.54, 1.807) is 19.2 Å². The van der Waals surface area contributed by atoms with Crippen molar-refractivity contribution in [1.29, 1.82) is 0 Å². The molecule has 0 bridgehead atoms. The molecule has 31 heavy (non-hydrogen) atoms. The molecule has 1 saturated heterocycles. The van der Waals surface area contributed by atoms with E-state index in [1.165, 1.54) is 9.80 Å². The van der Waals surface area contributed by atoms with Crippen LogP contribution in [-0.4, -0.2) is 60.5 Å². The van der Waals surface area contributed by atoms with Crippen molar-refractivity contribution in [3.63, 3.8) is 0 Å². The molecule has 2 aliphatic rings. The molecule has 162 valence electrons. The predicted molar refractivity (Wildman–Crippen MR) is 116 cm³/mol. The molecule has 2 aliphatic heterocycles. The highest BCUT2D eigenvalue weighted by Gasteiger charge is 2.31. The van der Waals surface area contributed by atoms with Crippen molar-refractivity contribution in [2.75, 3.05) is 42.6 Å². The third-order valence-electron chi connectivity index (χ3n) is 5.59. The fourth-order valence-corrected chi connectivity index (χ4v) is 4.01. The van der Waals surface area contributed by atoms with Crippen molar-refractivity contribution in [3.8, 4) is 0 Å². The standard InChI is InChI=1S/C23H26N4O4/c1-2-31-22(29)16-26-14-18-7-3-4-8-19(18)27(15-21(26)28)23(30)17-9-10-20(24-13-17)25-11-5-6-12-25/h3-4,7-10,13H,2,5-6,11-12,14-16H2,1H3. The number of nitrogens with zero attached hydrogens (tertiary/aromatic N) is 4. The molecule has 0 N–H and O–H groups in total. The largest absolute Gasteiger partial charge is 0.465 e. The molecule has 1 fully saturated rings. The van der Waals surface area contributed by atoms with E-state index in [9.17, 15) is 14.4 Å². The Morgan fingerprint density at radius 2 is 1.84 bits per heavy atom. The van der Waals surface area contributed by atoms with Gasteiger partial charge in [0.2, 0.25) is 5.91 Å². The van der Waals surface area contributed by atoms with Crippen molar-refractivity contribution < 1.29 is 19.1 Å². The van der Waals surface area contributed by atoms with E-state index < -0.39 is 5.97 Å². The minimum Gasteiger partial charge on any atom is -0.465 e. The topological polar surface area (TPSA) is 83.1 Å². The number of ether oxygens (including phenoxy) is 1. The van der Waals surface area contributed by atoms with Crippen LogP contribution in [0.3, 0.4) is 0 Å². The lowest BCUT2D eigenvalue weighted by atomic mass is 10.1. The van der Waals surface area contributed by atoms with E-state index >= 15 is 0 Å². The molecule has 4 rings (SSSR count). The Labute approximate surface area is 181 Å². The number of anilines is 2. The summed E-state index contributed by atoms with van der Waals surface area (Å²) in [5.74, 6) is -0.199. The monoisotopic (exact) mass is 422 g/mol. The number of hydrogen-bond acceptors (Lipinski definition) is 6. The second-order valence-electron chi connectivity index (χ2n) is 7.67. The Morgan fingerprint density at radius 3 is 2.55 bits per heavy atom. The van der Waals surface area contributed by atoms with Crippen LogP contribution in [0.25, 0.3) is 0 Å². The van der Waals surface area contributed by atoms with Gasteiger partial charge in [0.25, 0.3) is 5.91 Å². The van der Waals surface area contributed by atoms with Gasteiger partial charge in [-0.05, 0) is 43.5 Å². The van der Waals surface area contributed by atoms with Gasteiger partial charge in [-0.3, -0.25) is 19.3 Å². The average molecular weight is 422 g/mol. The molecule has 1 aromatic carbocycles. The number of fused-ring (bicyclic) bond motifs is 1. The van der Waals surface area contributed by atoms with Gasteiger partial charge in [-0.1, -0.05) is 18.2 Å². The molecular weight excluding hydrogens is 396 g/mol. The van der Waals surface area contributed by atoms with Crippen LogP contribution in [-0.2, 0) is 20.9 Å². The van der Waals surface area contributed by atoms with Gasteiger partial charge in [-0.2, -0.15) is 0 Å². The van der Waals surface area contributed by atoms with E-state index in [2.05, 4.69) is 9.88 Å². The summed E-state index contributed by atoms with van der Waals surface area (Å²) in [6.45, 7) is 3.88. The quantitative estimate of drug-likeness (QED) is 0.688. The van der Waals surface area contributed by atoms with Gasteiger partial charge in [0.15, 0.2) is 0 Å². The first-order chi connectivity index (χ1) is 15.1. The summed E-state index contributed by atoms with van der Waals surface area (Å²) in [5.41, 5.74) is 1.88. The average Bonchev–Trinajstić information content (AvgIpc) is 3.28. The second-order valence-corrected chi connectivity index (χ2v) is 7.67. The Morgan fingerprint density at radius 1 is 1.06 bits per heavy atom. The van der Waals surface area contributed by atoms with Gasteiger partial charge in [0, 0.05) is 31.5 Å². The number of pyridine rings is 1. The summed E-state index contributed by atoms with van der Waals surface area (Å²) in [6, 6.07) is 11.0. The summed E-state index contributed by atoms with van der Waals surface area (Å²) in [4.78, 5) is 47.8. The first kappa shape index (κ1) is 20.8. The Hall–Kier alpha value is -3.42. The molecule has 8 heteroatoms. The van der Waals surface area contributed by atoms with Crippen molar-refractivity contribution >= 4 is 29.3 Å². The normalized spacial score (nSPS) is 16.2. The van der Waals surface area contributed by atoms with E-state index in [4.69, 9.17) is 4.74 Å². The van der Waals surface area contributed by atoms with Gasteiger partial charge in [0.05, 0.1) is 12.2 Å². The second kappa shape index (κ2) is 9.16. The number of amides is 2. The van der Waals surface area contributed by atoms with E-state index in [0.29, 0.717) is 11.3 Å². The summed E-state index contributed by atoms with van der Waals surface area (Å²) < 4.78 is 4.99. The third-order valence-corrected chi connectivity index (χ3v) is 5.59. The molecule has 1 aromatic heterocycles. The summed E-state index contributed by atoms with van der Waals surface area (Å²) in [6.07, 6.45) is 3.87. The summed E-state index contributed by atoms with van der Waals surface area (Å²) >= 11 is 0. The van der Waals surface area contributed by atoms with E-state index in [-0.39, 0.29) is 38.1 Å². The maximum Gasteiger partial charge on any atom is 0.325 e. The zero-order valence-corrected chi connectivity index (χ0v) is 17.6. The molecular formula is C23H26N4O4. The minimum absolute atomic E-state index is 0.144. The zero-order valence-electron chi connectivity index (χ0n) is 17.6. The van der Waals surface area contributed by atoms with Gasteiger partial charge < -0.3 is 14.5 Å². The Balaban J connectivity index is 1.58. The van der Waals surface area contributed by atoms with E-state index in [1.807, 2.05) is 30.3 Å². The van der Waals surface area contributed by atoms with Crippen LogP contribution in [0.5, 0.6) is 0 Å². The van der Waals surface area contributed by atoms with Crippen LogP contribution in [0, 0.1) is 0 Å². The predicted octanol–water partition coefficient (Wildman–Crippen LogP) is 2.23. The Bertz CT molecular complexity index is 970. The molecule has 0 spiro atoms. The fraction of sp³-hybridized carbons (Fsp3) is 0.391. The SMILES string of the molecule is CCOC(=O)CN1Cc2ccccc2N(C(=O)c2ccc(N3CCCC3)nc2)CC1=O. The summed E-state index contributed by atoms with van der Waals surface area (Å²) in [5, 5.41) is 0. The van der Waals surface area contributed by atoms with Gasteiger partial charge in [0.1, 0.15) is 18.9 Å². The summed E-state index contributed by atoms with van der Waals surface area (Å²) in [7, 11) is 0. The highest BCUT2D eigenvalue weighted by molar-refractivity contribution is 6.09. The fourth-order valence-electron chi connectivity index (χ4n) is 4.01. The van der Waals surface area contributed by atoms with Crippen LogP contribution >= 0.6 is 0 Å². The van der Waals surface area contributed by atoms with Crippen molar-refractivity contribution in [1.82, 2.24) is 9.88 Å². The molecule has 0 saturated carbocycles. The molecule has 8 nitrogen and oxygen atoms in total. The molecule has 2 aromatic rings. The maximum absolute atomic E-state index is 13.3. The number of aromatic nitrogens is 1. The number of rotatable bonds is 5. The van der Waals surface area contributed by atoms with E-state index in [0.717, 1.165) is 37.3 Å². The maximum atomic E-state index is 13.3. The van der Waals surface area contributed by atoms with Crippen LogP contribution in [0.15, 0.2) is 42.6 Å². The number of hydrogen-bond donors (Lipinski definition) is 0. The lowest BCUT2D eigenvalue weighted by Gasteiger charge is -2.22.